The van der Waals surface area contributed by atoms with E-state index >= 15 is 0 Å². The monoisotopic (exact) mass is 257 g/mol. The molecule has 1 aliphatic carbocycles. The Morgan fingerprint density at radius 3 is 2.94 bits per heavy atom. The third kappa shape index (κ3) is 2.28. The molecule has 0 saturated heterocycles. The molecular formula is C16H16ClN. The predicted octanol–water partition coefficient (Wildman–Crippen LogP) is 4.80. The highest BCUT2D eigenvalue weighted by Gasteiger charge is 2.13. The van der Waals surface area contributed by atoms with Gasteiger partial charge in [-0.3, -0.25) is 4.98 Å². The zero-order valence-corrected chi connectivity index (χ0v) is 11.0. The summed E-state index contributed by atoms with van der Waals surface area (Å²) in [6.07, 6.45) is 10.8. The second-order valence-electron chi connectivity index (χ2n) is 4.86. The maximum absolute atomic E-state index is 6.32. The Labute approximate surface area is 112 Å². The normalized spacial score (nSPS) is 20.5. The van der Waals surface area contributed by atoms with Crippen LogP contribution in [0.15, 0.2) is 42.7 Å². The number of alkyl halides is 1. The van der Waals surface area contributed by atoms with Gasteiger partial charge >= 0.3 is 0 Å². The molecule has 0 bridgehead atoms. The highest BCUT2D eigenvalue weighted by Crippen LogP contribution is 2.31. The van der Waals surface area contributed by atoms with Crippen LogP contribution < -0.4 is 0 Å². The summed E-state index contributed by atoms with van der Waals surface area (Å²) in [4.78, 5) is 4.36. The van der Waals surface area contributed by atoms with Crippen molar-refractivity contribution in [3.63, 3.8) is 0 Å². The fraction of sp³-hybridized carbons (Fsp3) is 0.312. The number of allylic oxidation sites excluding steroid dienone is 2. The largest absolute Gasteiger partial charge is 0.263 e. The summed E-state index contributed by atoms with van der Waals surface area (Å²) in [5, 5.41) is 2.65. The molecule has 1 nitrogen and oxygen atoms in total. The number of aromatic nitrogens is 1. The summed E-state index contributed by atoms with van der Waals surface area (Å²) >= 11 is 6.32. The van der Waals surface area contributed by atoms with Gasteiger partial charge in [-0.15, -0.1) is 11.6 Å². The number of nitrogens with zero attached hydrogens (tertiary/aromatic N) is 1. The molecule has 1 aromatic carbocycles. The summed E-state index contributed by atoms with van der Waals surface area (Å²) in [5.41, 5.74) is 2.61. The standard InChI is InChI=1S/C16H16ClN/c17-14-7-3-1-5-12(9-14)16-11-18-10-13-6-2-4-8-15(13)16/h2,4,6,8-11,14H,1,3,5,7H2. The lowest BCUT2D eigenvalue weighted by Crippen LogP contribution is -1.93. The van der Waals surface area contributed by atoms with Gasteiger partial charge in [0.05, 0.1) is 5.38 Å². The molecule has 92 valence electrons. The van der Waals surface area contributed by atoms with E-state index in [2.05, 4.69) is 35.3 Å². The van der Waals surface area contributed by atoms with Gasteiger partial charge in [0.25, 0.3) is 0 Å². The number of hydrogen-bond donors (Lipinski definition) is 0. The zero-order chi connectivity index (χ0) is 12.4. The predicted molar refractivity (Wildman–Crippen MR) is 77.8 cm³/mol. The van der Waals surface area contributed by atoms with Crippen LogP contribution in [-0.4, -0.2) is 10.4 Å². The van der Waals surface area contributed by atoms with Crippen LogP contribution in [0.4, 0.5) is 0 Å². The van der Waals surface area contributed by atoms with Gasteiger partial charge in [-0.2, -0.15) is 0 Å². The van der Waals surface area contributed by atoms with Gasteiger partial charge in [-0.05, 0) is 30.2 Å². The molecular weight excluding hydrogens is 242 g/mol. The van der Waals surface area contributed by atoms with Gasteiger partial charge in [-0.1, -0.05) is 36.8 Å². The number of halogens is 1. The van der Waals surface area contributed by atoms with E-state index in [1.165, 1.54) is 34.8 Å². The summed E-state index contributed by atoms with van der Waals surface area (Å²) in [6, 6.07) is 8.42. The first kappa shape index (κ1) is 11.7. The number of hydrogen-bond acceptors (Lipinski definition) is 1. The van der Waals surface area contributed by atoms with Crippen molar-refractivity contribution in [3.05, 3.63) is 48.3 Å². The second-order valence-corrected chi connectivity index (χ2v) is 5.42. The first-order valence-corrected chi connectivity index (χ1v) is 6.96. The van der Waals surface area contributed by atoms with E-state index in [0.717, 1.165) is 12.8 Å². The average Bonchev–Trinajstić information content (AvgIpc) is 2.63. The minimum absolute atomic E-state index is 0.168. The quantitative estimate of drug-likeness (QED) is 0.669. The van der Waals surface area contributed by atoms with E-state index in [1.54, 1.807) is 0 Å². The highest BCUT2D eigenvalue weighted by molar-refractivity contribution is 6.22. The molecule has 0 radical (unpaired) electrons. The molecule has 0 aliphatic heterocycles. The van der Waals surface area contributed by atoms with E-state index in [4.69, 9.17) is 11.6 Å². The molecule has 1 aromatic heterocycles. The topological polar surface area (TPSA) is 12.9 Å². The molecule has 3 rings (SSSR count). The SMILES string of the molecule is ClC1C=C(c2cncc3ccccc23)CCCC1. The number of fused-ring (bicyclic) bond motifs is 1. The molecule has 2 aromatic rings. The second kappa shape index (κ2) is 5.11. The minimum Gasteiger partial charge on any atom is -0.263 e. The Morgan fingerprint density at radius 2 is 2.00 bits per heavy atom. The maximum Gasteiger partial charge on any atom is 0.0521 e. The molecule has 1 atom stereocenters. The van der Waals surface area contributed by atoms with E-state index in [1.807, 2.05) is 12.4 Å². The van der Waals surface area contributed by atoms with Gasteiger partial charge in [0, 0.05) is 23.3 Å². The number of benzene rings is 1. The lowest BCUT2D eigenvalue weighted by Gasteiger charge is -2.09. The van der Waals surface area contributed by atoms with Crippen molar-refractivity contribution in [1.82, 2.24) is 4.98 Å². The molecule has 2 heteroatoms. The van der Waals surface area contributed by atoms with Crippen molar-refractivity contribution in [2.45, 2.75) is 31.1 Å². The van der Waals surface area contributed by atoms with E-state index in [9.17, 15) is 0 Å². The Morgan fingerprint density at radius 1 is 1.11 bits per heavy atom. The average molecular weight is 258 g/mol. The van der Waals surface area contributed by atoms with Crippen molar-refractivity contribution < 1.29 is 0 Å². The summed E-state index contributed by atoms with van der Waals surface area (Å²) in [7, 11) is 0. The zero-order valence-electron chi connectivity index (χ0n) is 10.3. The highest BCUT2D eigenvalue weighted by atomic mass is 35.5. The fourth-order valence-electron chi connectivity index (χ4n) is 2.64. The van der Waals surface area contributed by atoms with Crippen LogP contribution >= 0.6 is 11.6 Å². The molecule has 0 amide bonds. The van der Waals surface area contributed by atoms with Crippen molar-refractivity contribution >= 4 is 27.9 Å². The number of pyridine rings is 1. The van der Waals surface area contributed by atoms with Crippen LogP contribution in [0.2, 0.25) is 0 Å². The van der Waals surface area contributed by atoms with Gasteiger partial charge in [0.2, 0.25) is 0 Å². The van der Waals surface area contributed by atoms with Crippen molar-refractivity contribution in [1.29, 1.82) is 0 Å². The van der Waals surface area contributed by atoms with Crippen molar-refractivity contribution in [2.75, 3.05) is 0 Å². The molecule has 1 heterocycles. The smallest absolute Gasteiger partial charge is 0.0521 e. The molecule has 18 heavy (non-hydrogen) atoms. The molecule has 0 fully saturated rings. The lowest BCUT2D eigenvalue weighted by atomic mass is 9.98. The first-order valence-electron chi connectivity index (χ1n) is 6.52. The first-order chi connectivity index (χ1) is 8.84. The van der Waals surface area contributed by atoms with E-state index in [0.29, 0.717) is 0 Å². The lowest BCUT2D eigenvalue weighted by molar-refractivity contribution is 0.724. The Hall–Kier alpha value is -1.34. The van der Waals surface area contributed by atoms with Crippen LogP contribution in [0.5, 0.6) is 0 Å². The van der Waals surface area contributed by atoms with Crippen LogP contribution in [0.1, 0.15) is 31.2 Å². The molecule has 0 spiro atoms. The molecule has 0 saturated carbocycles. The van der Waals surface area contributed by atoms with E-state index in [-0.39, 0.29) is 5.38 Å². The number of rotatable bonds is 1. The van der Waals surface area contributed by atoms with Gasteiger partial charge in [0.15, 0.2) is 0 Å². The van der Waals surface area contributed by atoms with E-state index < -0.39 is 0 Å². The van der Waals surface area contributed by atoms with Crippen LogP contribution in [0.3, 0.4) is 0 Å². The summed E-state index contributed by atoms with van der Waals surface area (Å²) in [5.74, 6) is 0. The molecule has 1 unspecified atom stereocenters. The third-order valence-corrected chi connectivity index (χ3v) is 3.92. The maximum atomic E-state index is 6.32. The Kier molecular flexibility index (Phi) is 3.33. The summed E-state index contributed by atoms with van der Waals surface area (Å²) in [6.45, 7) is 0. The Bertz CT molecular complexity index is 583. The van der Waals surface area contributed by atoms with Crippen molar-refractivity contribution in [3.8, 4) is 0 Å². The summed E-state index contributed by atoms with van der Waals surface area (Å²) < 4.78 is 0. The van der Waals surface area contributed by atoms with Crippen LogP contribution in [0, 0.1) is 0 Å². The van der Waals surface area contributed by atoms with Gasteiger partial charge in [0.1, 0.15) is 0 Å². The molecule has 1 aliphatic rings. The van der Waals surface area contributed by atoms with Crippen molar-refractivity contribution in [2.24, 2.45) is 0 Å². The Balaban J connectivity index is 2.13. The minimum atomic E-state index is 0.168. The van der Waals surface area contributed by atoms with Crippen LogP contribution in [-0.2, 0) is 0 Å². The third-order valence-electron chi connectivity index (χ3n) is 3.57. The van der Waals surface area contributed by atoms with Crippen LogP contribution in [0.25, 0.3) is 16.3 Å². The van der Waals surface area contributed by atoms with Gasteiger partial charge in [-0.25, -0.2) is 0 Å². The van der Waals surface area contributed by atoms with Gasteiger partial charge < -0.3 is 0 Å². The molecule has 0 N–H and O–H groups in total. The fourth-order valence-corrected chi connectivity index (χ4v) is 2.94.